The van der Waals surface area contributed by atoms with Gasteiger partial charge in [-0.2, -0.15) is 0 Å². The molecule has 0 unspecified atom stereocenters. The van der Waals surface area contributed by atoms with E-state index in [9.17, 15) is 9.59 Å². The van der Waals surface area contributed by atoms with Crippen molar-refractivity contribution in [2.45, 2.75) is 63.8 Å². The molecule has 2 amide bonds. The SMILES string of the molecule is Cc1ccccc1NC(=O)CSc1nc2ccccc2n1CC(=O)N1[C@@H](C)CCC[C@@H]1C. The van der Waals surface area contributed by atoms with Crippen LogP contribution in [0.3, 0.4) is 0 Å². The number of imidazole rings is 1. The second-order valence-electron chi connectivity index (χ2n) is 8.55. The number of hydrogen-bond donors (Lipinski definition) is 1. The fourth-order valence-electron chi connectivity index (χ4n) is 4.48. The van der Waals surface area contributed by atoms with Crippen LogP contribution in [0.2, 0.25) is 0 Å². The zero-order valence-electron chi connectivity index (χ0n) is 18.9. The van der Waals surface area contributed by atoms with E-state index in [0.717, 1.165) is 41.5 Å². The van der Waals surface area contributed by atoms with Crippen LogP contribution >= 0.6 is 11.8 Å². The predicted molar refractivity (Wildman–Crippen MR) is 130 cm³/mol. The average molecular weight is 451 g/mol. The van der Waals surface area contributed by atoms with E-state index < -0.39 is 0 Å². The normalized spacial score (nSPS) is 18.7. The van der Waals surface area contributed by atoms with E-state index in [0.29, 0.717) is 5.16 Å². The Balaban J connectivity index is 1.52. The van der Waals surface area contributed by atoms with Gasteiger partial charge < -0.3 is 14.8 Å². The summed E-state index contributed by atoms with van der Waals surface area (Å²) in [5.74, 6) is 0.245. The lowest BCUT2D eigenvalue weighted by atomic mass is 9.97. The number of nitrogens with zero attached hydrogens (tertiary/aromatic N) is 3. The summed E-state index contributed by atoms with van der Waals surface area (Å²) in [6, 6.07) is 16.0. The Labute approximate surface area is 193 Å². The molecule has 2 heterocycles. The Hall–Kier alpha value is -2.80. The summed E-state index contributed by atoms with van der Waals surface area (Å²) in [5, 5.41) is 3.66. The molecule has 2 aromatic carbocycles. The highest BCUT2D eigenvalue weighted by Crippen LogP contribution is 2.27. The average Bonchev–Trinajstić information content (AvgIpc) is 3.11. The van der Waals surface area contributed by atoms with Crippen molar-refractivity contribution in [1.29, 1.82) is 0 Å². The fourth-order valence-corrected chi connectivity index (χ4v) is 5.29. The maximum atomic E-state index is 13.3. The van der Waals surface area contributed by atoms with Gasteiger partial charge in [-0.05, 0) is 63.8 Å². The molecule has 0 saturated carbocycles. The van der Waals surface area contributed by atoms with Gasteiger partial charge in [0, 0.05) is 17.8 Å². The summed E-state index contributed by atoms with van der Waals surface area (Å²) in [6.45, 7) is 6.46. The first-order valence-corrected chi connectivity index (χ1v) is 12.2. The van der Waals surface area contributed by atoms with E-state index in [4.69, 9.17) is 4.98 Å². The number of amides is 2. The molecule has 1 N–H and O–H groups in total. The number of fused-ring (bicyclic) bond motifs is 1. The number of nitrogens with one attached hydrogen (secondary N) is 1. The van der Waals surface area contributed by atoms with Crippen molar-refractivity contribution in [3.8, 4) is 0 Å². The summed E-state index contributed by atoms with van der Waals surface area (Å²) in [4.78, 5) is 32.6. The van der Waals surface area contributed by atoms with Crippen LogP contribution in [0.4, 0.5) is 5.69 Å². The summed E-state index contributed by atoms with van der Waals surface area (Å²) in [6.07, 6.45) is 3.25. The lowest BCUT2D eigenvalue weighted by Gasteiger charge is -2.39. The van der Waals surface area contributed by atoms with Crippen LogP contribution in [0.1, 0.15) is 38.7 Å². The third kappa shape index (κ3) is 4.83. The van der Waals surface area contributed by atoms with Crippen molar-refractivity contribution in [3.63, 3.8) is 0 Å². The number of aromatic nitrogens is 2. The molecule has 1 aromatic heterocycles. The molecule has 0 spiro atoms. The Morgan fingerprint density at radius 2 is 1.75 bits per heavy atom. The Morgan fingerprint density at radius 3 is 2.50 bits per heavy atom. The summed E-state index contributed by atoms with van der Waals surface area (Å²) in [5.41, 5.74) is 3.59. The minimum atomic E-state index is -0.0903. The van der Waals surface area contributed by atoms with Gasteiger partial charge in [0.05, 0.1) is 16.8 Å². The number of carbonyl (C=O) groups is 2. The van der Waals surface area contributed by atoms with Crippen LogP contribution in [0, 0.1) is 6.92 Å². The number of hydrogen-bond acceptors (Lipinski definition) is 4. The van der Waals surface area contributed by atoms with Crippen LogP contribution in [0.15, 0.2) is 53.7 Å². The number of para-hydroxylation sites is 3. The smallest absolute Gasteiger partial charge is 0.243 e. The number of rotatable bonds is 6. The number of anilines is 1. The minimum absolute atomic E-state index is 0.0903. The van der Waals surface area contributed by atoms with Crippen molar-refractivity contribution in [3.05, 3.63) is 54.1 Å². The maximum Gasteiger partial charge on any atom is 0.243 e. The van der Waals surface area contributed by atoms with Crippen LogP contribution in [-0.4, -0.2) is 44.1 Å². The molecule has 168 valence electrons. The van der Waals surface area contributed by atoms with Gasteiger partial charge in [0.25, 0.3) is 0 Å². The maximum absolute atomic E-state index is 13.3. The number of benzene rings is 2. The van der Waals surface area contributed by atoms with E-state index >= 15 is 0 Å². The molecule has 32 heavy (non-hydrogen) atoms. The van der Waals surface area contributed by atoms with Gasteiger partial charge in [0.1, 0.15) is 6.54 Å². The molecule has 0 radical (unpaired) electrons. The van der Waals surface area contributed by atoms with Gasteiger partial charge in [-0.25, -0.2) is 4.98 Å². The van der Waals surface area contributed by atoms with Gasteiger partial charge in [0.15, 0.2) is 5.16 Å². The lowest BCUT2D eigenvalue weighted by Crippen LogP contribution is -2.48. The first-order chi connectivity index (χ1) is 15.4. The number of likely N-dealkylation sites (tertiary alicyclic amines) is 1. The molecule has 4 rings (SSSR count). The van der Waals surface area contributed by atoms with Crippen molar-refractivity contribution in [2.75, 3.05) is 11.1 Å². The Bertz CT molecular complexity index is 1120. The fraction of sp³-hybridized carbons (Fsp3) is 0.400. The molecule has 1 aliphatic heterocycles. The highest BCUT2D eigenvalue weighted by Gasteiger charge is 2.29. The van der Waals surface area contributed by atoms with Crippen LogP contribution in [0.25, 0.3) is 11.0 Å². The molecule has 0 aliphatic carbocycles. The van der Waals surface area contributed by atoms with Crippen LogP contribution in [-0.2, 0) is 16.1 Å². The second kappa shape index (κ2) is 9.77. The predicted octanol–water partition coefficient (Wildman–Crippen LogP) is 4.87. The minimum Gasteiger partial charge on any atom is -0.336 e. The molecule has 6 nitrogen and oxygen atoms in total. The molecule has 7 heteroatoms. The number of aryl methyl sites for hydroxylation is 1. The highest BCUT2D eigenvalue weighted by atomic mass is 32.2. The van der Waals surface area contributed by atoms with E-state index in [2.05, 4.69) is 19.2 Å². The highest BCUT2D eigenvalue weighted by molar-refractivity contribution is 7.99. The first kappa shape index (κ1) is 22.4. The second-order valence-corrected chi connectivity index (χ2v) is 9.49. The largest absolute Gasteiger partial charge is 0.336 e. The van der Waals surface area contributed by atoms with Crippen molar-refractivity contribution >= 4 is 40.3 Å². The van der Waals surface area contributed by atoms with Gasteiger partial charge in [-0.3, -0.25) is 9.59 Å². The number of carbonyl (C=O) groups excluding carboxylic acids is 2. The molecule has 0 bridgehead atoms. The summed E-state index contributed by atoms with van der Waals surface area (Å²) in [7, 11) is 0. The van der Waals surface area contributed by atoms with Gasteiger partial charge in [-0.15, -0.1) is 0 Å². The molecule has 1 aliphatic rings. The van der Waals surface area contributed by atoms with Gasteiger partial charge in [0.2, 0.25) is 11.8 Å². The number of piperidine rings is 1. The molecule has 1 fully saturated rings. The van der Waals surface area contributed by atoms with Crippen LogP contribution < -0.4 is 5.32 Å². The zero-order valence-corrected chi connectivity index (χ0v) is 19.7. The van der Waals surface area contributed by atoms with Crippen molar-refractivity contribution in [1.82, 2.24) is 14.5 Å². The third-order valence-corrected chi connectivity index (χ3v) is 7.12. The topological polar surface area (TPSA) is 67.2 Å². The standard InChI is InChI=1S/C25H30N4O2S/c1-17-9-4-5-12-20(17)26-23(30)16-32-25-27-21-13-6-7-14-22(21)28(25)15-24(31)29-18(2)10-8-11-19(29)3/h4-7,9,12-14,18-19H,8,10-11,15-16H2,1-3H3,(H,26,30)/t18-,19-/m0/s1. The van der Waals surface area contributed by atoms with E-state index in [1.54, 1.807) is 0 Å². The Kier molecular flexibility index (Phi) is 6.84. The van der Waals surface area contributed by atoms with E-state index in [1.165, 1.54) is 11.8 Å². The monoisotopic (exact) mass is 450 g/mol. The molecule has 3 aromatic rings. The quantitative estimate of drug-likeness (QED) is 0.545. The molecule has 1 saturated heterocycles. The molecule has 2 atom stereocenters. The van der Waals surface area contributed by atoms with Gasteiger partial charge in [-0.1, -0.05) is 42.1 Å². The van der Waals surface area contributed by atoms with E-state index in [1.807, 2.05) is 64.9 Å². The lowest BCUT2D eigenvalue weighted by molar-refractivity contribution is -0.138. The van der Waals surface area contributed by atoms with Crippen molar-refractivity contribution in [2.24, 2.45) is 0 Å². The molecular formula is C25H30N4O2S. The summed E-state index contributed by atoms with van der Waals surface area (Å²) < 4.78 is 1.96. The third-order valence-electron chi connectivity index (χ3n) is 6.15. The summed E-state index contributed by atoms with van der Waals surface area (Å²) >= 11 is 1.37. The number of thioether (sulfide) groups is 1. The van der Waals surface area contributed by atoms with E-state index in [-0.39, 0.29) is 36.2 Å². The van der Waals surface area contributed by atoms with Crippen molar-refractivity contribution < 1.29 is 9.59 Å². The first-order valence-electron chi connectivity index (χ1n) is 11.2. The Morgan fingerprint density at radius 1 is 1.06 bits per heavy atom. The van der Waals surface area contributed by atoms with Gasteiger partial charge >= 0.3 is 0 Å². The zero-order chi connectivity index (χ0) is 22.7. The molecular weight excluding hydrogens is 420 g/mol. The van der Waals surface area contributed by atoms with Crippen LogP contribution in [0.5, 0.6) is 0 Å².